The minimum atomic E-state index is -4.39. The highest BCUT2D eigenvalue weighted by Gasteiger charge is 2.30. The number of rotatable bonds is 13. The van der Waals surface area contributed by atoms with Crippen molar-refractivity contribution < 1.29 is 43.8 Å². The number of fused-ring (bicyclic) bond motifs is 1. The highest BCUT2D eigenvalue weighted by Crippen LogP contribution is 2.31. The Morgan fingerprint density at radius 3 is 2.10 bits per heavy atom. The van der Waals surface area contributed by atoms with Crippen LogP contribution in [0, 0.1) is 5.82 Å². The maximum Gasteiger partial charge on any atom is 0.416 e. The quantitative estimate of drug-likeness (QED) is 0.0881. The Hall–Kier alpha value is -3.48. The van der Waals surface area contributed by atoms with Crippen molar-refractivity contribution in [3.63, 3.8) is 0 Å². The number of likely N-dealkylation sites (N-methyl/N-ethyl adjacent to an activating group) is 1. The van der Waals surface area contributed by atoms with E-state index in [4.69, 9.17) is 0 Å². The van der Waals surface area contributed by atoms with Crippen molar-refractivity contribution in [2.24, 2.45) is 0 Å². The van der Waals surface area contributed by atoms with Crippen molar-refractivity contribution in [3.8, 4) is 11.1 Å². The van der Waals surface area contributed by atoms with Crippen LogP contribution in [0.15, 0.2) is 82.7 Å². The lowest BCUT2D eigenvalue weighted by molar-refractivity contribution is -0.905. The normalized spacial score (nSPS) is 12.8. The van der Waals surface area contributed by atoms with Crippen LogP contribution >= 0.6 is 11.8 Å². The predicted molar refractivity (Wildman–Crippen MR) is 181 cm³/mol. The molecular formula is C37H41BrF4N4O2S. The molecule has 1 aliphatic rings. The van der Waals surface area contributed by atoms with Gasteiger partial charge in [-0.2, -0.15) is 18.2 Å². The maximum atomic E-state index is 14.2. The van der Waals surface area contributed by atoms with Gasteiger partial charge in [-0.3, -0.25) is 9.59 Å². The Morgan fingerprint density at radius 1 is 0.918 bits per heavy atom. The molecule has 6 nitrogen and oxygen atoms in total. The monoisotopic (exact) mass is 760 g/mol. The number of thioether (sulfide) groups is 1. The third-order valence-electron chi connectivity index (χ3n) is 9.44. The number of amides is 1. The van der Waals surface area contributed by atoms with E-state index < -0.39 is 11.7 Å². The summed E-state index contributed by atoms with van der Waals surface area (Å²) in [6.07, 6.45) is -2.24. The van der Waals surface area contributed by atoms with Crippen LogP contribution in [0.1, 0.15) is 48.2 Å². The summed E-state index contributed by atoms with van der Waals surface area (Å²) < 4.78 is 55.3. The minimum Gasteiger partial charge on any atom is -1.00 e. The summed E-state index contributed by atoms with van der Waals surface area (Å²) in [4.78, 5) is 33.4. The van der Waals surface area contributed by atoms with Crippen molar-refractivity contribution in [1.29, 1.82) is 0 Å². The van der Waals surface area contributed by atoms with E-state index in [2.05, 4.69) is 25.9 Å². The van der Waals surface area contributed by atoms with Gasteiger partial charge < -0.3 is 30.9 Å². The molecule has 1 amide bonds. The maximum absolute atomic E-state index is 14.2. The van der Waals surface area contributed by atoms with Crippen LogP contribution in [0.4, 0.5) is 17.6 Å². The Labute approximate surface area is 299 Å². The SMILES string of the molecule is CC[N+](C)(CC)CCN(Cc1ccc(-c2ccc(C(F)(F)F)cc2)cc1)C(=O)Cn1c(SCc2ccc(F)cc2)nc(=O)c2c1CCC2.[Br-]. The first kappa shape index (κ1) is 38.3. The van der Waals surface area contributed by atoms with E-state index in [-0.39, 0.29) is 40.8 Å². The fourth-order valence-electron chi connectivity index (χ4n) is 5.89. The first-order chi connectivity index (χ1) is 22.9. The molecule has 49 heavy (non-hydrogen) atoms. The van der Waals surface area contributed by atoms with E-state index >= 15 is 0 Å². The van der Waals surface area contributed by atoms with Crippen LogP contribution in [-0.2, 0) is 42.7 Å². The van der Waals surface area contributed by atoms with Gasteiger partial charge in [0.2, 0.25) is 5.91 Å². The number of aromatic nitrogens is 2. The van der Waals surface area contributed by atoms with E-state index in [1.165, 1.54) is 36.0 Å². The second-order valence-corrected chi connectivity index (χ2v) is 13.5. The van der Waals surface area contributed by atoms with Crippen LogP contribution in [0.25, 0.3) is 11.1 Å². The summed E-state index contributed by atoms with van der Waals surface area (Å²) in [6.45, 7) is 7.77. The summed E-state index contributed by atoms with van der Waals surface area (Å²) in [5.41, 5.74) is 3.81. The highest BCUT2D eigenvalue weighted by molar-refractivity contribution is 7.98. The van der Waals surface area contributed by atoms with Crippen LogP contribution in [0.2, 0.25) is 0 Å². The lowest BCUT2D eigenvalue weighted by Crippen LogP contribution is -3.00. The van der Waals surface area contributed by atoms with Gasteiger partial charge in [-0.1, -0.05) is 60.3 Å². The zero-order chi connectivity index (χ0) is 34.5. The zero-order valence-corrected chi connectivity index (χ0v) is 30.3. The van der Waals surface area contributed by atoms with Gasteiger partial charge in [-0.05, 0) is 79.6 Å². The first-order valence-corrected chi connectivity index (χ1v) is 17.3. The molecule has 5 rings (SSSR count). The average Bonchev–Trinajstić information content (AvgIpc) is 3.58. The summed E-state index contributed by atoms with van der Waals surface area (Å²) in [5, 5.41) is 0.474. The number of carbonyl (C=O) groups excluding carboxylic acids is 1. The van der Waals surface area contributed by atoms with Gasteiger partial charge in [0.25, 0.3) is 5.56 Å². The van der Waals surface area contributed by atoms with Gasteiger partial charge in [-0.25, -0.2) is 4.39 Å². The van der Waals surface area contributed by atoms with Gasteiger partial charge >= 0.3 is 6.18 Å². The number of nitrogens with zero attached hydrogens (tertiary/aromatic N) is 4. The molecule has 12 heteroatoms. The van der Waals surface area contributed by atoms with Crippen LogP contribution in [-0.4, -0.2) is 58.1 Å². The Kier molecular flexibility index (Phi) is 12.9. The molecule has 0 bridgehead atoms. The molecule has 262 valence electrons. The average molecular weight is 762 g/mol. The second kappa shape index (κ2) is 16.5. The summed E-state index contributed by atoms with van der Waals surface area (Å²) in [6, 6.07) is 18.8. The molecule has 1 aliphatic carbocycles. The highest BCUT2D eigenvalue weighted by atomic mass is 79.9. The molecule has 1 aromatic heterocycles. The molecule has 0 spiro atoms. The number of quaternary nitrogens is 1. The number of carbonyl (C=O) groups is 1. The van der Waals surface area contributed by atoms with Crippen LogP contribution < -0.4 is 22.5 Å². The van der Waals surface area contributed by atoms with Gasteiger partial charge in [0, 0.05) is 23.6 Å². The number of halogens is 5. The minimum absolute atomic E-state index is 0. The molecule has 0 saturated heterocycles. The van der Waals surface area contributed by atoms with Gasteiger partial charge in [0.05, 0.1) is 38.8 Å². The topological polar surface area (TPSA) is 55.2 Å². The number of alkyl halides is 3. The summed E-state index contributed by atoms with van der Waals surface area (Å²) in [7, 11) is 2.17. The second-order valence-electron chi connectivity index (χ2n) is 12.5. The number of hydrogen-bond donors (Lipinski definition) is 0. The molecule has 4 aromatic rings. The summed E-state index contributed by atoms with van der Waals surface area (Å²) in [5.74, 6) is 0.0539. The fraction of sp³-hybridized carbons (Fsp3) is 0.378. The van der Waals surface area contributed by atoms with E-state index in [1.807, 2.05) is 33.7 Å². The standard InChI is InChI=1S/C37H41F4N4O2S.BrH/c1-4-45(3,5-2)22-21-43(23-26-9-13-28(14-10-26)29-15-17-30(18-16-29)37(39,40)41)34(46)24-44-33-8-6-7-32(33)35(47)42-36(44)48-25-27-11-19-31(38)20-12-27;/h9-20H,4-8,21-25H2,1-3H3;1H/q+1;/p-1. The third-order valence-corrected chi connectivity index (χ3v) is 10.5. The lowest BCUT2D eigenvalue weighted by atomic mass is 10.0. The summed E-state index contributed by atoms with van der Waals surface area (Å²) >= 11 is 1.36. The number of hydrogen-bond acceptors (Lipinski definition) is 4. The van der Waals surface area contributed by atoms with Crippen molar-refractivity contribution in [3.05, 3.63) is 117 Å². The van der Waals surface area contributed by atoms with Gasteiger partial charge in [0.15, 0.2) is 5.16 Å². The Balaban J connectivity index is 0.00000541. The molecule has 0 N–H and O–H groups in total. The fourth-order valence-corrected chi connectivity index (χ4v) is 6.86. The van der Waals surface area contributed by atoms with Crippen molar-refractivity contribution in [1.82, 2.24) is 14.5 Å². The van der Waals surface area contributed by atoms with Gasteiger partial charge in [0.1, 0.15) is 12.4 Å². The predicted octanol–water partition coefficient (Wildman–Crippen LogP) is 4.37. The lowest BCUT2D eigenvalue weighted by Gasteiger charge is -2.35. The third kappa shape index (κ3) is 9.61. The smallest absolute Gasteiger partial charge is 0.416 e. The molecule has 0 radical (unpaired) electrons. The van der Waals surface area contributed by atoms with Crippen LogP contribution in [0.3, 0.4) is 0 Å². The van der Waals surface area contributed by atoms with Crippen molar-refractivity contribution in [2.75, 3.05) is 33.2 Å². The Bertz CT molecular complexity index is 1780. The first-order valence-electron chi connectivity index (χ1n) is 16.3. The largest absolute Gasteiger partial charge is 1.00 e. The number of benzene rings is 3. The molecule has 0 fully saturated rings. The molecule has 1 heterocycles. The zero-order valence-electron chi connectivity index (χ0n) is 27.9. The van der Waals surface area contributed by atoms with Crippen molar-refractivity contribution >= 4 is 17.7 Å². The van der Waals surface area contributed by atoms with Gasteiger partial charge in [-0.15, -0.1) is 0 Å². The molecule has 0 aliphatic heterocycles. The van der Waals surface area contributed by atoms with E-state index in [0.717, 1.165) is 65.1 Å². The Morgan fingerprint density at radius 2 is 1.51 bits per heavy atom. The molecule has 3 aromatic carbocycles. The molecular weight excluding hydrogens is 720 g/mol. The van der Waals surface area contributed by atoms with Crippen molar-refractivity contribution in [2.45, 2.75) is 63.3 Å². The molecule has 0 atom stereocenters. The molecule has 0 saturated carbocycles. The van der Waals surface area contributed by atoms with Crippen LogP contribution in [0.5, 0.6) is 0 Å². The molecule has 0 unspecified atom stereocenters. The van der Waals surface area contributed by atoms with E-state index in [0.29, 0.717) is 48.0 Å². The van der Waals surface area contributed by atoms with E-state index in [9.17, 15) is 27.2 Å². The van der Waals surface area contributed by atoms with E-state index in [1.54, 1.807) is 12.1 Å².